The molecule has 0 fully saturated rings. The first kappa shape index (κ1) is 28.0. The summed E-state index contributed by atoms with van der Waals surface area (Å²) in [5, 5.41) is 2.96. The average molecular weight is 296 g/mol. The third-order valence-electron chi connectivity index (χ3n) is 2.07. The SMILES string of the molecule is C=C/C=C(\C=C/C)CCCC.C=CNCCC.CC.CC. The van der Waals surface area contributed by atoms with Crippen LogP contribution in [0.4, 0.5) is 0 Å². The van der Waals surface area contributed by atoms with Gasteiger partial charge in [-0.3, -0.25) is 0 Å². The van der Waals surface area contributed by atoms with Gasteiger partial charge in [0.15, 0.2) is 0 Å². The van der Waals surface area contributed by atoms with Gasteiger partial charge in [0, 0.05) is 6.54 Å². The van der Waals surface area contributed by atoms with Gasteiger partial charge in [-0.15, -0.1) is 0 Å². The van der Waals surface area contributed by atoms with E-state index in [1.165, 1.54) is 31.3 Å². The molecule has 0 bridgehead atoms. The topological polar surface area (TPSA) is 12.0 Å². The monoisotopic (exact) mass is 295 g/mol. The molecule has 126 valence electrons. The zero-order valence-corrected chi connectivity index (χ0v) is 15.8. The second kappa shape index (κ2) is 36.3. The summed E-state index contributed by atoms with van der Waals surface area (Å²) in [6.45, 7) is 22.6. The highest BCUT2D eigenvalue weighted by atomic mass is 14.8. The number of nitrogens with one attached hydrogen (secondary N) is 1. The predicted molar refractivity (Wildman–Crippen MR) is 104 cm³/mol. The van der Waals surface area contributed by atoms with Crippen molar-refractivity contribution in [3.05, 3.63) is 49.2 Å². The van der Waals surface area contributed by atoms with Crippen LogP contribution in [-0.4, -0.2) is 6.54 Å². The third-order valence-corrected chi connectivity index (χ3v) is 2.07. The maximum Gasteiger partial charge on any atom is 0.0138 e. The molecule has 0 atom stereocenters. The van der Waals surface area contributed by atoms with E-state index in [9.17, 15) is 0 Å². The zero-order chi connectivity index (χ0) is 17.4. The number of unbranched alkanes of at least 4 members (excludes halogenated alkanes) is 1. The summed E-state index contributed by atoms with van der Waals surface area (Å²) in [4.78, 5) is 0. The van der Waals surface area contributed by atoms with Gasteiger partial charge in [-0.05, 0) is 38.0 Å². The fourth-order valence-electron chi connectivity index (χ4n) is 1.21. The third kappa shape index (κ3) is 38.1. The molecule has 0 aromatic rings. The summed E-state index contributed by atoms with van der Waals surface area (Å²) in [5.41, 5.74) is 1.38. The highest BCUT2D eigenvalue weighted by molar-refractivity contribution is 5.22. The maximum absolute atomic E-state index is 3.68. The van der Waals surface area contributed by atoms with Crippen molar-refractivity contribution in [3.63, 3.8) is 0 Å². The Morgan fingerprint density at radius 2 is 1.57 bits per heavy atom. The molecule has 0 radical (unpaired) electrons. The van der Waals surface area contributed by atoms with Crippen LogP contribution in [0.3, 0.4) is 0 Å². The summed E-state index contributed by atoms with van der Waals surface area (Å²) >= 11 is 0. The van der Waals surface area contributed by atoms with Crippen LogP contribution < -0.4 is 5.32 Å². The van der Waals surface area contributed by atoms with E-state index in [1.807, 2.05) is 40.7 Å². The van der Waals surface area contributed by atoms with Gasteiger partial charge in [0.05, 0.1) is 0 Å². The largest absolute Gasteiger partial charge is 0.391 e. The molecule has 0 aliphatic carbocycles. The predicted octanol–water partition coefficient (Wildman–Crippen LogP) is 7.05. The lowest BCUT2D eigenvalue weighted by atomic mass is 10.1. The summed E-state index contributed by atoms with van der Waals surface area (Å²) in [6.07, 6.45) is 14.7. The molecule has 0 saturated carbocycles. The molecule has 0 unspecified atom stereocenters. The Labute approximate surface area is 135 Å². The van der Waals surface area contributed by atoms with E-state index in [4.69, 9.17) is 0 Å². The van der Waals surface area contributed by atoms with Crippen molar-refractivity contribution < 1.29 is 0 Å². The van der Waals surface area contributed by atoms with Crippen molar-refractivity contribution in [3.8, 4) is 0 Å². The normalized spacial score (nSPS) is 9.19. The van der Waals surface area contributed by atoms with Crippen LogP contribution in [0.15, 0.2) is 49.2 Å². The first-order chi connectivity index (χ1) is 10.3. The van der Waals surface area contributed by atoms with Crippen LogP contribution in [-0.2, 0) is 0 Å². The standard InChI is InChI=1S/C11H18.C5H11N.2C2H6/c1-4-7-10-11(8-5-2)9-6-3;1-3-5-6-4-2;2*1-2/h5-6,8-9H,2,4,7,10H2,1,3H3;4,6H,2-3,5H2,1H3;2*1-2H3/b9-6-,11-8+;;;. The molecule has 1 nitrogen and oxygen atoms in total. The Hall–Kier alpha value is -1.24. The number of allylic oxidation sites excluding steroid dienone is 5. The van der Waals surface area contributed by atoms with E-state index in [0.29, 0.717) is 0 Å². The Morgan fingerprint density at radius 3 is 1.86 bits per heavy atom. The molecular weight excluding hydrogens is 254 g/mol. The molecule has 0 amide bonds. The minimum absolute atomic E-state index is 1.05. The number of hydrogen-bond acceptors (Lipinski definition) is 1. The van der Waals surface area contributed by atoms with Crippen LogP contribution in [0.25, 0.3) is 0 Å². The Morgan fingerprint density at radius 1 is 1.00 bits per heavy atom. The smallest absolute Gasteiger partial charge is 0.0138 e. The first-order valence-corrected chi connectivity index (χ1v) is 8.55. The van der Waals surface area contributed by atoms with Gasteiger partial charge in [0.1, 0.15) is 0 Å². The lowest BCUT2D eigenvalue weighted by Gasteiger charge is -1.97. The molecule has 0 spiro atoms. The fraction of sp³-hybridized carbons (Fsp3) is 0.600. The Balaban J connectivity index is -0.000000122. The van der Waals surface area contributed by atoms with Crippen LogP contribution in [0.2, 0.25) is 0 Å². The van der Waals surface area contributed by atoms with E-state index >= 15 is 0 Å². The second-order valence-corrected chi connectivity index (χ2v) is 3.74. The van der Waals surface area contributed by atoms with Gasteiger partial charge in [-0.2, -0.15) is 0 Å². The van der Waals surface area contributed by atoms with E-state index in [2.05, 4.69) is 50.6 Å². The van der Waals surface area contributed by atoms with Gasteiger partial charge in [0.25, 0.3) is 0 Å². The van der Waals surface area contributed by atoms with E-state index in [1.54, 1.807) is 6.20 Å². The van der Waals surface area contributed by atoms with E-state index < -0.39 is 0 Å². The average Bonchev–Trinajstić information content (AvgIpc) is 2.55. The molecule has 0 saturated heterocycles. The molecule has 0 aliphatic heterocycles. The molecule has 1 heteroatoms. The number of rotatable bonds is 8. The van der Waals surface area contributed by atoms with Crippen LogP contribution in [0.5, 0.6) is 0 Å². The second-order valence-electron chi connectivity index (χ2n) is 3.74. The quantitative estimate of drug-likeness (QED) is 0.374. The van der Waals surface area contributed by atoms with E-state index in [0.717, 1.165) is 6.54 Å². The fourth-order valence-corrected chi connectivity index (χ4v) is 1.21. The molecule has 0 aromatic heterocycles. The van der Waals surface area contributed by atoms with Crippen molar-refractivity contribution in [2.45, 2.75) is 74.1 Å². The molecule has 0 aromatic carbocycles. The van der Waals surface area contributed by atoms with Crippen molar-refractivity contribution >= 4 is 0 Å². The lowest BCUT2D eigenvalue weighted by Crippen LogP contribution is -2.03. The Kier molecular flexibility index (Phi) is 48.5. The summed E-state index contributed by atoms with van der Waals surface area (Å²) < 4.78 is 0. The molecule has 1 N–H and O–H groups in total. The summed E-state index contributed by atoms with van der Waals surface area (Å²) in [5.74, 6) is 0. The molecule has 0 aliphatic rings. The van der Waals surface area contributed by atoms with Gasteiger partial charge in [0.2, 0.25) is 0 Å². The minimum atomic E-state index is 1.05. The first-order valence-electron chi connectivity index (χ1n) is 8.55. The lowest BCUT2D eigenvalue weighted by molar-refractivity contribution is 0.798. The summed E-state index contributed by atoms with van der Waals surface area (Å²) in [7, 11) is 0. The van der Waals surface area contributed by atoms with Crippen LogP contribution >= 0.6 is 0 Å². The van der Waals surface area contributed by atoms with Crippen molar-refractivity contribution in [2.75, 3.05) is 6.54 Å². The number of hydrogen-bond donors (Lipinski definition) is 1. The van der Waals surface area contributed by atoms with Crippen molar-refractivity contribution in [1.82, 2.24) is 5.32 Å². The van der Waals surface area contributed by atoms with Crippen LogP contribution in [0.1, 0.15) is 74.1 Å². The zero-order valence-electron chi connectivity index (χ0n) is 15.8. The summed E-state index contributed by atoms with van der Waals surface area (Å²) in [6, 6.07) is 0. The van der Waals surface area contributed by atoms with Gasteiger partial charge >= 0.3 is 0 Å². The highest BCUT2D eigenvalue weighted by Gasteiger charge is 1.88. The molecule has 21 heavy (non-hydrogen) atoms. The van der Waals surface area contributed by atoms with Crippen LogP contribution in [0, 0.1) is 0 Å². The maximum atomic E-state index is 3.68. The highest BCUT2D eigenvalue weighted by Crippen LogP contribution is 2.08. The van der Waals surface area contributed by atoms with E-state index in [-0.39, 0.29) is 0 Å². The molecular formula is C20H41N. The van der Waals surface area contributed by atoms with Crippen molar-refractivity contribution in [2.24, 2.45) is 0 Å². The minimum Gasteiger partial charge on any atom is -0.391 e. The molecule has 0 rings (SSSR count). The molecule has 0 heterocycles. The van der Waals surface area contributed by atoms with Gasteiger partial charge < -0.3 is 5.32 Å². The Bertz CT molecular complexity index is 224. The van der Waals surface area contributed by atoms with Gasteiger partial charge in [-0.1, -0.05) is 85.4 Å². The van der Waals surface area contributed by atoms with Gasteiger partial charge in [-0.25, -0.2) is 0 Å². The van der Waals surface area contributed by atoms with Crippen molar-refractivity contribution in [1.29, 1.82) is 0 Å².